The highest BCUT2D eigenvalue weighted by Crippen LogP contribution is 2.35. The molecular weight excluding hydrogens is 268 g/mol. The number of carboxylic acids is 1. The molecule has 5 nitrogen and oxygen atoms in total. The molecule has 0 aliphatic carbocycles. The summed E-state index contributed by atoms with van der Waals surface area (Å²) in [5.74, 6) is -0.0600. The first-order valence-electron chi connectivity index (χ1n) is 7.55. The van der Waals surface area contributed by atoms with Crippen molar-refractivity contribution in [2.45, 2.75) is 39.2 Å². The second-order valence-electron chi connectivity index (χ2n) is 5.82. The van der Waals surface area contributed by atoms with Gasteiger partial charge in [0.25, 0.3) is 0 Å². The van der Waals surface area contributed by atoms with E-state index in [0.717, 1.165) is 37.9 Å². The molecule has 21 heavy (non-hydrogen) atoms. The van der Waals surface area contributed by atoms with Crippen molar-refractivity contribution >= 4 is 5.97 Å². The van der Waals surface area contributed by atoms with Crippen molar-refractivity contribution in [3.05, 3.63) is 23.9 Å². The molecule has 1 aromatic heterocycles. The molecule has 1 aliphatic heterocycles. The first kappa shape index (κ1) is 15.8. The van der Waals surface area contributed by atoms with E-state index in [1.807, 2.05) is 25.1 Å². The normalized spacial score (nSPS) is 23.0. The van der Waals surface area contributed by atoms with E-state index < -0.39 is 11.4 Å². The van der Waals surface area contributed by atoms with E-state index in [9.17, 15) is 9.90 Å². The molecule has 1 aromatic rings. The second kappa shape index (κ2) is 6.89. The van der Waals surface area contributed by atoms with Crippen molar-refractivity contribution in [2.75, 3.05) is 20.2 Å². The molecule has 2 rings (SSSR count). The standard InChI is InChI=1S/C16H24N2O3/c1-3-8-16(15(19)20)9-5-10-18(12-16)11-13-6-4-7-14(17-13)21-2/h4,6-7H,3,5,8-12H2,1-2H3,(H,19,20). The summed E-state index contributed by atoms with van der Waals surface area (Å²) < 4.78 is 5.14. The van der Waals surface area contributed by atoms with E-state index in [1.165, 1.54) is 0 Å². The maximum absolute atomic E-state index is 11.7. The van der Waals surface area contributed by atoms with Crippen LogP contribution in [0.4, 0.5) is 0 Å². The topological polar surface area (TPSA) is 62.7 Å². The van der Waals surface area contributed by atoms with Crippen molar-refractivity contribution in [1.29, 1.82) is 0 Å². The Morgan fingerprint density at radius 2 is 2.33 bits per heavy atom. The van der Waals surface area contributed by atoms with Crippen LogP contribution in [-0.4, -0.2) is 41.2 Å². The predicted molar refractivity (Wildman–Crippen MR) is 80.3 cm³/mol. The molecule has 1 N–H and O–H groups in total. The zero-order chi connectivity index (χ0) is 15.3. The minimum atomic E-state index is -0.660. The quantitative estimate of drug-likeness (QED) is 0.873. The molecule has 116 valence electrons. The van der Waals surface area contributed by atoms with Crippen molar-refractivity contribution in [3.63, 3.8) is 0 Å². The lowest BCUT2D eigenvalue weighted by Gasteiger charge is -2.39. The number of ether oxygens (including phenoxy) is 1. The van der Waals surface area contributed by atoms with Crippen LogP contribution in [0.25, 0.3) is 0 Å². The number of hydrogen-bond acceptors (Lipinski definition) is 4. The Balaban J connectivity index is 2.08. The SMILES string of the molecule is CCCC1(C(=O)O)CCCN(Cc2cccc(OC)n2)C1. The zero-order valence-corrected chi connectivity index (χ0v) is 12.8. The van der Waals surface area contributed by atoms with Gasteiger partial charge < -0.3 is 9.84 Å². The minimum absolute atomic E-state index is 0.591. The smallest absolute Gasteiger partial charge is 0.310 e. The maximum Gasteiger partial charge on any atom is 0.310 e. The van der Waals surface area contributed by atoms with E-state index in [1.54, 1.807) is 7.11 Å². The van der Waals surface area contributed by atoms with Crippen LogP contribution < -0.4 is 4.74 Å². The van der Waals surface area contributed by atoms with Crippen LogP contribution in [0.2, 0.25) is 0 Å². The summed E-state index contributed by atoms with van der Waals surface area (Å²) in [5, 5.41) is 9.62. The van der Waals surface area contributed by atoms with Gasteiger partial charge in [-0.15, -0.1) is 0 Å². The molecule has 0 bridgehead atoms. The van der Waals surface area contributed by atoms with E-state index in [4.69, 9.17) is 4.74 Å². The maximum atomic E-state index is 11.7. The van der Waals surface area contributed by atoms with E-state index >= 15 is 0 Å². The van der Waals surface area contributed by atoms with Gasteiger partial charge in [0.1, 0.15) is 0 Å². The van der Waals surface area contributed by atoms with Gasteiger partial charge in [0.05, 0.1) is 18.2 Å². The lowest BCUT2D eigenvalue weighted by Crippen LogP contribution is -2.47. The fraction of sp³-hybridized carbons (Fsp3) is 0.625. The molecule has 0 amide bonds. The Morgan fingerprint density at radius 1 is 1.52 bits per heavy atom. The number of nitrogens with zero attached hydrogens (tertiary/aromatic N) is 2. The van der Waals surface area contributed by atoms with Crippen LogP contribution in [0.1, 0.15) is 38.3 Å². The number of pyridine rings is 1. The molecule has 0 aromatic carbocycles. The van der Waals surface area contributed by atoms with Crippen LogP contribution in [0.15, 0.2) is 18.2 Å². The van der Waals surface area contributed by atoms with Gasteiger partial charge >= 0.3 is 5.97 Å². The molecular formula is C16H24N2O3. The second-order valence-corrected chi connectivity index (χ2v) is 5.82. The summed E-state index contributed by atoms with van der Waals surface area (Å²) in [6, 6.07) is 5.69. The molecule has 0 spiro atoms. The summed E-state index contributed by atoms with van der Waals surface area (Å²) in [4.78, 5) is 18.3. The van der Waals surface area contributed by atoms with E-state index in [0.29, 0.717) is 19.0 Å². The van der Waals surface area contributed by atoms with Crippen LogP contribution >= 0.6 is 0 Å². The summed E-state index contributed by atoms with van der Waals surface area (Å²) in [5.41, 5.74) is 0.332. The molecule has 2 heterocycles. The van der Waals surface area contributed by atoms with Crippen molar-refractivity contribution in [2.24, 2.45) is 5.41 Å². The molecule has 0 saturated carbocycles. The number of carbonyl (C=O) groups is 1. The van der Waals surface area contributed by atoms with Crippen LogP contribution in [0.3, 0.4) is 0 Å². The largest absolute Gasteiger partial charge is 0.481 e. The Kier molecular flexibility index (Phi) is 5.17. The van der Waals surface area contributed by atoms with Gasteiger partial charge in [-0.1, -0.05) is 19.4 Å². The molecule has 1 fully saturated rings. The highest BCUT2D eigenvalue weighted by Gasteiger charge is 2.41. The number of carboxylic acid groups (broad SMARTS) is 1. The average molecular weight is 292 g/mol. The number of piperidine rings is 1. The monoisotopic (exact) mass is 292 g/mol. The lowest BCUT2D eigenvalue weighted by atomic mass is 9.76. The number of aromatic nitrogens is 1. The van der Waals surface area contributed by atoms with Crippen LogP contribution in [0, 0.1) is 5.41 Å². The number of likely N-dealkylation sites (tertiary alicyclic amines) is 1. The number of rotatable bonds is 6. The predicted octanol–water partition coefficient (Wildman–Crippen LogP) is 2.56. The summed E-state index contributed by atoms with van der Waals surface area (Å²) in [6.07, 6.45) is 3.34. The fourth-order valence-corrected chi connectivity index (χ4v) is 3.21. The van der Waals surface area contributed by atoms with Gasteiger partial charge in [-0.2, -0.15) is 0 Å². The number of methoxy groups -OCH3 is 1. The lowest BCUT2D eigenvalue weighted by molar-refractivity contribution is -0.153. The van der Waals surface area contributed by atoms with Gasteiger partial charge in [-0.05, 0) is 31.9 Å². The third-order valence-electron chi connectivity index (χ3n) is 4.21. The fourth-order valence-electron chi connectivity index (χ4n) is 3.21. The number of hydrogen-bond donors (Lipinski definition) is 1. The zero-order valence-electron chi connectivity index (χ0n) is 12.8. The van der Waals surface area contributed by atoms with Crippen LogP contribution in [0.5, 0.6) is 5.88 Å². The van der Waals surface area contributed by atoms with E-state index in [-0.39, 0.29) is 0 Å². The van der Waals surface area contributed by atoms with Gasteiger partial charge in [-0.3, -0.25) is 9.69 Å². The van der Waals surface area contributed by atoms with Gasteiger partial charge in [0, 0.05) is 19.2 Å². The third-order valence-corrected chi connectivity index (χ3v) is 4.21. The van der Waals surface area contributed by atoms with Gasteiger partial charge in [0.2, 0.25) is 5.88 Å². The number of aliphatic carboxylic acids is 1. The van der Waals surface area contributed by atoms with Crippen molar-refractivity contribution < 1.29 is 14.6 Å². The molecule has 1 unspecified atom stereocenters. The highest BCUT2D eigenvalue weighted by atomic mass is 16.5. The van der Waals surface area contributed by atoms with Crippen LogP contribution in [-0.2, 0) is 11.3 Å². The Labute approximate surface area is 125 Å². The van der Waals surface area contributed by atoms with Gasteiger partial charge in [0.15, 0.2) is 0 Å². The minimum Gasteiger partial charge on any atom is -0.481 e. The van der Waals surface area contributed by atoms with Gasteiger partial charge in [-0.25, -0.2) is 4.98 Å². The van der Waals surface area contributed by atoms with E-state index in [2.05, 4.69) is 9.88 Å². The van der Waals surface area contributed by atoms with Crippen molar-refractivity contribution in [3.8, 4) is 5.88 Å². The highest BCUT2D eigenvalue weighted by molar-refractivity contribution is 5.75. The molecule has 1 saturated heterocycles. The third kappa shape index (κ3) is 3.73. The Bertz CT molecular complexity index is 488. The molecule has 5 heteroatoms. The Morgan fingerprint density at radius 3 is 3.00 bits per heavy atom. The summed E-state index contributed by atoms with van der Waals surface area (Å²) >= 11 is 0. The first-order valence-corrected chi connectivity index (χ1v) is 7.55. The van der Waals surface area contributed by atoms with Crippen molar-refractivity contribution in [1.82, 2.24) is 9.88 Å². The average Bonchev–Trinajstić information content (AvgIpc) is 2.48. The Hall–Kier alpha value is -1.62. The molecule has 1 aliphatic rings. The first-order chi connectivity index (χ1) is 10.1. The summed E-state index contributed by atoms with van der Waals surface area (Å²) in [7, 11) is 1.60. The molecule has 1 atom stereocenters. The molecule has 0 radical (unpaired) electrons. The summed E-state index contributed by atoms with van der Waals surface area (Å²) in [6.45, 7) is 4.26.